The van der Waals surface area contributed by atoms with Crippen LogP contribution in [0.5, 0.6) is 17.2 Å². The fraction of sp³-hybridized carbons (Fsp3) is 0.0625. The van der Waals surface area contributed by atoms with E-state index in [1.807, 2.05) is 0 Å². The summed E-state index contributed by atoms with van der Waals surface area (Å²) in [4.78, 5) is 11.5. The first kappa shape index (κ1) is 15.7. The molecule has 0 aromatic heterocycles. The molecule has 114 valence electrons. The molecule has 2 aromatic carbocycles. The Bertz CT molecular complexity index is 735. The molecular weight excluding hydrogens is 308 g/mol. The number of carboxylic acids is 1. The number of aliphatic carboxylic acids is 1. The molecule has 3 N–H and O–H groups in total. The Morgan fingerprint density at radius 1 is 1.18 bits per heavy atom. The zero-order valence-electron chi connectivity index (χ0n) is 11.6. The van der Waals surface area contributed by atoms with Crippen molar-refractivity contribution in [2.75, 3.05) is 7.11 Å². The van der Waals surface area contributed by atoms with Gasteiger partial charge in [0.1, 0.15) is 5.75 Å². The number of benzene rings is 2. The van der Waals surface area contributed by atoms with Crippen LogP contribution in [0.3, 0.4) is 0 Å². The van der Waals surface area contributed by atoms with Gasteiger partial charge in [-0.1, -0.05) is 23.7 Å². The zero-order chi connectivity index (χ0) is 16.3. The van der Waals surface area contributed by atoms with E-state index in [-0.39, 0.29) is 27.8 Å². The highest BCUT2D eigenvalue weighted by Gasteiger charge is 2.13. The second-order valence-electron chi connectivity index (χ2n) is 4.46. The highest BCUT2D eigenvalue weighted by atomic mass is 35.5. The maximum atomic E-state index is 11.5. The molecule has 0 saturated heterocycles. The van der Waals surface area contributed by atoms with E-state index in [0.29, 0.717) is 11.1 Å². The third kappa shape index (κ3) is 3.32. The summed E-state index contributed by atoms with van der Waals surface area (Å²) < 4.78 is 4.99. The number of hydrogen-bond acceptors (Lipinski definition) is 4. The van der Waals surface area contributed by atoms with Crippen molar-refractivity contribution in [3.63, 3.8) is 0 Å². The number of phenols is 2. The fourth-order valence-electron chi connectivity index (χ4n) is 1.91. The number of hydrogen-bond donors (Lipinski definition) is 3. The van der Waals surface area contributed by atoms with Crippen LogP contribution in [0.4, 0.5) is 0 Å². The molecular formula is C16H13ClO5. The van der Waals surface area contributed by atoms with Gasteiger partial charge in [-0.05, 0) is 41.5 Å². The van der Waals surface area contributed by atoms with Gasteiger partial charge < -0.3 is 20.1 Å². The predicted octanol–water partition coefficient (Wildman–Crippen LogP) is 3.39. The highest BCUT2D eigenvalue weighted by molar-refractivity contribution is 6.32. The number of methoxy groups -OCH3 is 1. The smallest absolute Gasteiger partial charge is 0.336 e. The molecule has 6 heteroatoms. The largest absolute Gasteiger partial charge is 0.508 e. The molecule has 0 bridgehead atoms. The summed E-state index contributed by atoms with van der Waals surface area (Å²) in [6.07, 6.45) is 1.41. The highest BCUT2D eigenvalue weighted by Crippen LogP contribution is 2.36. The minimum Gasteiger partial charge on any atom is -0.508 e. The van der Waals surface area contributed by atoms with Crippen molar-refractivity contribution >= 4 is 29.2 Å². The van der Waals surface area contributed by atoms with Crippen LogP contribution in [-0.4, -0.2) is 28.4 Å². The van der Waals surface area contributed by atoms with Crippen LogP contribution in [-0.2, 0) is 4.79 Å². The average molecular weight is 321 g/mol. The van der Waals surface area contributed by atoms with Crippen molar-refractivity contribution < 1.29 is 24.9 Å². The molecule has 0 aliphatic rings. The Morgan fingerprint density at radius 3 is 2.36 bits per heavy atom. The first-order chi connectivity index (χ1) is 10.4. The average Bonchev–Trinajstić information content (AvgIpc) is 2.49. The Balaban J connectivity index is 2.53. The van der Waals surface area contributed by atoms with Gasteiger partial charge >= 0.3 is 5.97 Å². The van der Waals surface area contributed by atoms with Crippen LogP contribution in [0, 0.1) is 0 Å². The molecule has 2 rings (SSSR count). The van der Waals surface area contributed by atoms with Crippen molar-refractivity contribution in [1.29, 1.82) is 0 Å². The molecule has 0 atom stereocenters. The molecule has 0 unspecified atom stereocenters. The first-order valence-corrected chi connectivity index (χ1v) is 6.61. The summed E-state index contributed by atoms with van der Waals surface area (Å²) in [5.74, 6) is -1.14. The first-order valence-electron chi connectivity index (χ1n) is 6.23. The van der Waals surface area contributed by atoms with E-state index in [0.717, 1.165) is 0 Å². The van der Waals surface area contributed by atoms with E-state index < -0.39 is 5.97 Å². The van der Waals surface area contributed by atoms with Gasteiger partial charge in [0.05, 0.1) is 17.7 Å². The Kier molecular flexibility index (Phi) is 4.58. The van der Waals surface area contributed by atoms with Crippen LogP contribution in [0.2, 0.25) is 5.02 Å². The summed E-state index contributed by atoms with van der Waals surface area (Å²) in [5.41, 5.74) is 0.905. The maximum absolute atomic E-state index is 11.5. The minimum atomic E-state index is -1.13. The van der Waals surface area contributed by atoms with Gasteiger partial charge in [-0.3, -0.25) is 0 Å². The third-order valence-corrected chi connectivity index (χ3v) is 3.28. The zero-order valence-corrected chi connectivity index (χ0v) is 12.3. The topological polar surface area (TPSA) is 87.0 Å². The lowest BCUT2D eigenvalue weighted by atomic mass is 10.0. The monoisotopic (exact) mass is 320 g/mol. The van der Waals surface area contributed by atoms with Crippen molar-refractivity contribution in [3.05, 3.63) is 52.5 Å². The molecule has 0 fully saturated rings. The van der Waals surface area contributed by atoms with Crippen LogP contribution >= 0.6 is 11.6 Å². The summed E-state index contributed by atoms with van der Waals surface area (Å²) in [5, 5.41) is 28.4. The summed E-state index contributed by atoms with van der Waals surface area (Å²) in [7, 11) is 1.37. The predicted molar refractivity (Wildman–Crippen MR) is 83.3 cm³/mol. The van der Waals surface area contributed by atoms with Gasteiger partial charge in [-0.25, -0.2) is 4.79 Å². The molecule has 0 radical (unpaired) electrons. The quantitative estimate of drug-likeness (QED) is 0.594. The number of phenolic OH excluding ortho intramolecular Hbond substituents is 2. The molecule has 5 nitrogen and oxygen atoms in total. The van der Waals surface area contributed by atoms with Crippen LogP contribution < -0.4 is 4.74 Å². The van der Waals surface area contributed by atoms with Crippen LogP contribution in [0.15, 0.2) is 36.4 Å². The second kappa shape index (κ2) is 6.41. The van der Waals surface area contributed by atoms with Gasteiger partial charge in [0, 0.05) is 0 Å². The van der Waals surface area contributed by atoms with Gasteiger partial charge in [-0.2, -0.15) is 0 Å². The van der Waals surface area contributed by atoms with Gasteiger partial charge in [-0.15, -0.1) is 0 Å². The SMILES string of the molecule is COc1cc(/C=C(\C(=O)O)c2ccc(O)cc2)cc(Cl)c1O. The van der Waals surface area contributed by atoms with E-state index in [1.54, 1.807) is 0 Å². The van der Waals surface area contributed by atoms with Gasteiger partial charge in [0.25, 0.3) is 0 Å². The van der Waals surface area contributed by atoms with Crippen molar-refractivity contribution in [1.82, 2.24) is 0 Å². The minimum absolute atomic E-state index is 0.0174. The molecule has 22 heavy (non-hydrogen) atoms. The van der Waals surface area contributed by atoms with Crippen molar-refractivity contribution in [3.8, 4) is 17.2 Å². The normalized spacial score (nSPS) is 11.3. The lowest BCUT2D eigenvalue weighted by molar-refractivity contribution is -0.130. The van der Waals surface area contributed by atoms with E-state index in [1.165, 1.54) is 49.6 Å². The number of aromatic hydroxyl groups is 2. The van der Waals surface area contributed by atoms with Crippen LogP contribution in [0.25, 0.3) is 11.6 Å². The van der Waals surface area contributed by atoms with Crippen molar-refractivity contribution in [2.45, 2.75) is 0 Å². The standard InChI is InChI=1S/C16H13ClO5/c1-22-14-8-9(7-13(17)15(14)19)6-12(16(20)21)10-2-4-11(18)5-3-10/h2-8,18-19H,1H3,(H,20,21)/b12-6-. The van der Waals surface area contributed by atoms with E-state index in [9.17, 15) is 20.1 Å². The Morgan fingerprint density at radius 2 is 1.82 bits per heavy atom. The Labute approximate surface area is 131 Å². The van der Waals surface area contributed by atoms with E-state index in [4.69, 9.17) is 16.3 Å². The summed E-state index contributed by atoms with van der Waals surface area (Å²) in [6.45, 7) is 0. The molecule has 2 aromatic rings. The molecule has 0 aliphatic carbocycles. The molecule has 0 spiro atoms. The van der Waals surface area contributed by atoms with Gasteiger partial charge in [0.2, 0.25) is 0 Å². The number of rotatable bonds is 4. The van der Waals surface area contributed by atoms with Crippen LogP contribution in [0.1, 0.15) is 11.1 Å². The maximum Gasteiger partial charge on any atom is 0.336 e. The fourth-order valence-corrected chi connectivity index (χ4v) is 2.13. The lowest BCUT2D eigenvalue weighted by Gasteiger charge is -2.08. The molecule has 0 saturated carbocycles. The number of carbonyl (C=O) groups is 1. The van der Waals surface area contributed by atoms with Gasteiger partial charge in [0.15, 0.2) is 11.5 Å². The van der Waals surface area contributed by atoms with Crippen molar-refractivity contribution in [2.24, 2.45) is 0 Å². The number of carboxylic acid groups (broad SMARTS) is 1. The molecule has 0 amide bonds. The Hall–Kier alpha value is -2.66. The second-order valence-corrected chi connectivity index (χ2v) is 4.87. The third-order valence-electron chi connectivity index (χ3n) is 2.99. The summed E-state index contributed by atoms with van der Waals surface area (Å²) >= 11 is 5.89. The molecule has 0 aliphatic heterocycles. The van der Waals surface area contributed by atoms with E-state index >= 15 is 0 Å². The number of ether oxygens (including phenoxy) is 1. The summed E-state index contributed by atoms with van der Waals surface area (Å²) in [6, 6.07) is 8.70. The number of halogens is 1. The van der Waals surface area contributed by atoms with E-state index in [2.05, 4.69) is 0 Å². The lowest BCUT2D eigenvalue weighted by Crippen LogP contribution is -1.99. The molecule has 0 heterocycles.